The maximum atomic E-state index is 12.9. The number of Topliss-reactive ketones (excluding diaryl/α,β-unsaturated/α-hetero) is 1. The summed E-state index contributed by atoms with van der Waals surface area (Å²) < 4.78 is 1.67. The second kappa shape index (κ2) is 6.13. The molecule has 148 valence electrons. The Morgan fingerprint density at radius 2 is 1.96 bits per heavy atom. The number of carbonyl (C=O) groups excluding carboxylic acids is 1. The average Bonchev–Trinajstić information content (AvgIpc) is 3.10. The number of ketones is 1. The lowest BCUT2D eigenvalue weighted by Gasteiger charge is -2.65. The molecule has 1 aromatic rings. The summed E-state index contributed by atoms with van der Waals surface area (Å²) in [5.74, 6) is 4.47. The van der Waals surface area contributed by atoms with E-state index in [-0.39, 0.29) is 11.3 Å². The van der Waals surface area contributed by atoms with Crippen molar-refractivity contribution >= 4 is 5.78 Å². The fourth-order valence-corrected chi connectivity index (χ4v) is 7.75. The van der Waals surface area contributed by atoms with Crippen LogP contribution >= 0.6 is 0 Å². The highest BCUT2D eigenvalue weighted by atomic mass is 16.3. The van der Waals surface area contributed by atoms with Gasteiger partial charge in [-0.1, -0.05) is 12.1 Å². The molecule has 0 saturated heterocycles. The van der Waals surface area contributed by atoms with Crippen molar-refractivity contribution in [3.05, 3.63) is 12.4 Å². The van der Waals surface area contributed by atoms with Crippen LogP contribution in [0.5, 0.6) is 0 Å². The van der Waals surface area contributed by atoms with Crippen LogP contribution in [-0.2, 0) is 11.3 Å². The SMILES string of the molecule is C[C@@]1(O)CC[C@H]2[C@H](CC[C@@H]3[C@@H]2CC[C@]2(C)[C@@H](C(=O)Cn4ccnn4)C[C@@H]32)C1. The van der Waals surface area contributed by atoms with E-state index in [2.05, 4.69) is 17.2 Å². The molecule has 0 unspecified atom stereocenters. The Bertz CT molecular complexity index is 715. The molecule has 0 aliphatic heterocycles. The van der Waals surface area contributed by atoms with Crippen LogP contribution in [0.1, 0.15) is 65.2 Å². The molecule has 0 aromatic carbocycles. The van der Waals surface area contributed by atoms with Gasteiger partial charge in [-0.05, 0) is 93.3 Å². The zero-order chi connectivity index (χ0) is 18.8. The minimum Gasteiger partial charge on any atom is -0.390 e. The lowest BCUT2D eigenvalue weighted by atomic mass is 9.39. The first-order chi connectivity index (χ1) is 12.9. The number of hydrogen-bond donors (Lipinski definition) is 1. The summed E-state index contributed by atoms with van der Waals surface area (Å²) in [7, 11) is 0. The van der Waals surface area contributed by atoms with E-state index in [1.165, 1.54) is 32.1 Å². The van der Waals surface area contributed by atoms with E-state index in [9.17, 15) is 9.90 Å². The normalized spacial score (nSPS) is 48.7. The highest BCUT2D eigenvalue weighted by molar-refractivity contribution is 5.82. The Hall–Kier alpha value is -1.23. The summed E-state index contributed by atoms with van der Waals surface area (Å²) in [5.41, 5.74) is -0.238. The van der Waals surface area contributed by atoms with Gasteiger partial charge in [0, 0.05) is 12.1 Å². The van der Waals surface area contributed by atoms with Crippen molar-refractivity contribution in [3.63, 3.8) is 0 Å². The van der Waals surface area contributed by atoms with Gasteiger partial charge in [-0.25, -0.2) is 4.68 Å². The van der Waals surface area contributed by atoms with Crippen LogP contribution in [0.15, 0.2) is 12.4 Å². The van der Waals surface area contributed by atoms with Crippen LogP contribution in [0.4, 0.5) is 0 Å². The second-order valence-electron chi connectivity index (χ2n) is 10.6. The minimum absolute atomic E-state index is 0.200. The first-order valence-corrected chi connectivity index (χ1v) is 11.0. The first kappa shape index (κ1) is 17.8. The quantitative estimate of drug-likeness (QED) is 0.883. The Morgan fingerprint density at radius 3 is 2.74 bits per heavy atom. The summed E-state index contributed by atoms with van der Waals surface area (Å²) in [6, 6.07) is 0. The largest absolute Gasteiger partial charge is 0.390 e. The third-order valence-electron chi connectivity index (χ3n) is 9.14. The van der Waals surface area contributed by atoms with Crippen molar-refractivity contribution < 1.29 is 9.90 Å². The van der Waals surface area contributed by atoms with E-state index in [1.54, 1.807) is 17.1 Å². The summed E-state index contributed by atoms with van der Waals surface area (Å²) in [6.07, 6.45) is 12.8. The van der Waals surface area contributed by atoms with Gasteiger partial charge in [0.05, 0.1) is 11.8 Å². The smallest absolute Gasteiger partial charge is 0.157 e. The molecular formula is C22H33N3O2. The molecule has 5 heteroatoms. The predicted molar refractivity (Wildman–Crippen MR) is 102 cm³/mol. The summed E-state index contributed by atoms with van der Waals surface area (Å²) in [5, 5.41) is 18.3. The average molecular weight is 372 g/mol. The van der Waals surface area contributed by atoms with Crippen LogP contribution in [0, 0.1) is 40.9 Å². The highest BCUT2D eigenvalue weighted by Gasteiger charge is 2.62. The second-order valence-corrected chi connectivity index (χ2v) is 10.6. The predicted octanol–water partition coefficient (Wildman–Crippen LogP) is 3.48. The number of hydrogen-bond acceptors (Lipinski definition) is 4. The Balaban J connectivity index is 1.28. The molecule has 27 heavy (non-hydrogen) atoms. The topological polar surface area (TPSA) is 68.0 Å². The van der Waals surface area contributed by atoms with Gasteiger partial charge >= 0.3 is 0 Å². The van der Waals surface area contributed by atoms with Crippen molar-refractivity contribution in [2.45, 2.75) is 77.4 Å². The molecule has 4 saturated carbocycles. The van der Waals surface area contributed by atoms with Gasteiger partial charge in [-0.15, -0.1) is 5.10 Å². The standard InChI is InChI=1S/C22H33N3O2/c1-21(27)7-5-15-14(12-21)3-4-17-16(15)6-8-22(2)18(17)11-19(22)20(26)13-25-10-9-23-24-25/h9-10,14-19,27H,3-8,11-13H2,1-2H3/t14-,15+,16-,17-,18+,19-,21-,22+/m1/s1. The minimum atomic E-state index is -0.438. The first-order valence-electron chi connectivity index (χ1n) is 11.0. The molecule has 5 nitrogen and oxygen atoms in total. The number of fused-ring (bicyclic) bond motifs is 5. The molecule has 1 N–H and O–H groups in total. The van der Waals surface area contributed by atoms with Crippen molar-refractivity contribution in [2.75, 3.05) is 0 Å². The van der Waals surface area contributed by atoms with Crippen molar-refractivity contribution in [3.8, 4) is 0 Å². The van der Waals surface area contributed by atoms with Gasteiger partial charge in [0.15, 0.2) is 5.78 Å². The number of aliphatic hydroxyl groups is 1. The van der Waals surface area contributed by atoms with Crippen molar-refractivity contribution in [2.24, 2.45) is 40.9 Å². The lowest BCUT2D eigenvalue weighted by Crippen LogP contribution is -2.60. The molecular weight excluding hydrogens is 338 g/mol. The van der Waals surface area contributed by atoms with E-state index < -0.39 is 5.60 Å². The molecule has 4 aliphatic carbocycles. The number of rotatable bonds is 3. The van der Waals surface area contributed by atoms with E-state index in [1.807, 2.05) is 6.92 Å². The van der Waals surface area contributed by atoms with Crippen molar-refractivity contribution in [1.29, 1.82) is 0 Å². The maximum Gasteiger partial charge on any atom is 0.157 e. The molecule has 4 aliphatic rings. The van der Waals surface area contributed by atoms with E-state index in [4.69, 9.17) is 0 Å². The van der Waals surface area contributed by atoms with Crippen LogP contribution in [-0.4, -0.2) is 31.5 Å². The fraction of sp³-hybridized carbons (Fsp3) is 0.864. The molecule has 5 rings (SSSR count). The monoisotopic (exact) mass is 371 g/mol. The third-order valence-corrected chi connectivity index (χ3v) is 9.14. The fourth-order valence-electron chi connectivity index (χ4n) is 7.75. The van der Waals surface area contributed by atoms with Crippen molar-refractivity contribution in [1.82, 2.24) is 15.0 Å². The Morgan fingerprint density at radius 1 is 1.15 bits per heavy atom. The van der Waals surface area contributed by atoms with Crippen LogP contribution in [0.3, 0.4) is 0 Å². The Kier molecular flexibility index (Phi) is 4.05. The molecule has 0 spiro atoms. The number of carbonyl (C=O) groups is 1. The summed E-state index contributed by atoms with van der Waals surface area (Å²) in [6.45, 7) is 4.80. The summed E-state index contributed by atoms with van der Waals surface area (Å²) >= 11 is 0. The molecule has 0 radical (unpaired) electrons. The van der Waals surface area contributed by atoms with Crippen LogP contribution in [0.25, 0.3) is 0 Å². The van der Waals surface area contributed by atoms with Gasteiger partial charge in [-0.2, -0.15) is 0 Å². The van der Waals surface area contributed by atoms with E-state index in [0.29, 0.717) is 12.3 Å². The van der Waals surface area contributed by atoms with Crippen LogP contribution < -0.4 is 0 Å². The van der Waals surface area contributed by atoms with Gasteiger partial charge < -0.3 is 5.11 Å². The zero-order valence-electron chi connectivity index (χ0n) is 16.7. The highest BCUT2D eigenvalue weighted by Crippen LogP contribution is 2.67. The van der Waals surface area contributed by atoms with Gasteiger partial charge in [0.25, 0.3) is 0 Å². The number of aromatic nitrogens is 3. The van der Waals surface area contributed by atoms with Crippen LogP contribution in [0.2, 0.25) is 0 Å². The van der Waals surface area contributed by atoms with E-state index in [0.717, 1.165) is 48.9 Å². The molecule has 0 bridgehead atoms. The zero-order valence-corrected chi connectivity index (χ0v) is 16.7. The maximum absolute atomic E-state index is 12.9. The molecule has 1 heterocycles. The van der Waals surface area contributed by atoms with Gasteiger partial charge in [0.2, 0.25) is 0 Å². The van der Waals surface area contributed by atoms with Gasteiger partial charge in [-0.3, -0.25) is 4.79 Å². The summed E-state index contributed by atoms with van der Waals surface area (Å²) in [4.78, 5) is 12.9. The molecule has 1 aromatic heterocycles. The van der Waals surface area contributed by atoms with E-state index >= 15 is 0 Å². The van der Waals surface area contributed by atoms with Gasteiger partial charge in [0.1, 0.15) is 6.54 Å². The molecule has 8 atom stereocenters. The molecule has 0 amide bonds. The molecule has 4 fully saturated rings. The lowest BCUT2D eigenvalue weighted by molar-refractivity contribution is -0.177. The number of nitrogens with zero attached hydrogens (tertiary/aromatic N) is 3. The Labute approximate surface area is 161 Å². The third kappa shape index (κ3) is 2.80.